The quantitative estimate of drug-likeness (QED) is 0.204. The smallest absolute Gasteiger partial charge is 0.0486 e. The second kappa shape index (κ2) is 11.4. The fourth-order valence-electron chi connectivity index (χ4n) is 8.41. The highest BCUT2D eigenvalue weighted by Crippen LogP contribution is 2.56. The van der Waals surface area contributed by atoms with Gasteiger partial charge in [0.15, 0.2) is 0 Å². The van der Waals surface area contributed by atoms with E-state index in [9.17, 15) is 0 Å². The molecule has 0 spiro atoms. The Hall–Kier alpha value is -3.15. The van der Waals surface area contributed by atoms with Crippen molar-refractivity contribution in [3.63, 3.8) is 0 Å². The SMILES string of the molecule is Cc1cccc(P(c2ccccc2)c2ccccc2)c1N(C/C=C/c1ccccc1)C1C2CC3CC(C2)CC1C3. The fourth-order valence-corrected chi connectivity index (χ4v) is 11.0. The summed E-state index contributed by atoms with van der Waals surface area (Å²) in [7, 11) is -0.676. The Balaban J connectivity index is 1.35. The van der Waals surface area contributed by atoms with Crippen molar-refractivity contribution in [3.8, 4) is 0 Å². The molecule has 0 unspecified atom stereocenters. The molecule has 2 heteroatoms. The molecule has 0 N–H and O–H groups in total. The molecule has 0 heterocycles. The first-order valence-corrected chi connectivity index (χ1v) is 16.6. The van der Waals surface area contributed by atoms with Gasteiger partial charge < -0.3 is 4.90 Å². The Bertz CT molecular complexity index is 1380. The molecular weight excluding hydrogens is 501 g/mol. The van der Waals surface area contributed by atoms with E-state index in [0.717, 1.165) is 30.2 Å². The maximum absolute atomic E-state index is 2.89. The van der Waals surface area contributed by atoms with Crippen molar-refractivity contribution in [2.45, 2.75) is 45.1 Å². The van der Waals surface area contributed by atoms with Crippen LogP contribution in [0.15, 0.2) is 115 Å². The predicted molar refractivity (Wildman–Crippen MR) is 174 cm³/mol. The van der Waals surface area contributed by atoms with Gasteiger partial charge in [0, 0.05) is 23.6 Å². The molecule has 0 saturated heterocycles. The van der Waals surface area contributed by atoms with Gasteiger partial charge in [-0.1, -0.05) is 121 Å². The van der Waals surface area contributed by atoms with Gasteiger partial charge in [-0.05, 0) is 92.4 Å². The summed E-state index contributed by atoms with van der Waals surface area (Å²) < 4.78 is 0. The summed E-state index contributed by atoms with van der Waals surface area (Å²) in [5.41, 5.74) is 4.20. The molecule has 0 amide bonds. The molecule has 4 aromatic rings. The largest absolute Gasteiger partial charge is 0.364 e. The lowest BCUT2D eigenvalue weighted by Crippen LogP contribution is -2.57. The summed E-state index contributed by atoms with van der Waals surface area (Å²) in [4.78, 5) is 2.89. The normalized spacial score (nSPS) is 25.1. The summed E-state index contributed by atoms with van der Waals surface area (Å²) in [6.45, 7) is 3.32. The first-order chi connectivity index (χ1) is 19.7. The fraction of sp³-hybridized carbons (Fsp3) is 0.316. The van der Waals surface area contributed by atoms with E-state index in [1.807, 2.05) is 0 Å². The third kappa shape index (κ3) is 5.06. The summed E-state index contributed by atoms with van der Waals surface area (Å²) >= 11 is 0. The second-order valence-electron chi connectivity index (χ2n) is 12.3. The van der Waals surface area contributed by atoms with Gasteiger partial charge in [-0.15, -0.1) is 0 Å². The van der Waals surface area contributed by atoms with E-state index in [4.69, 9.17) is 0 Å². The minimum Gasteiger partial charge on any atom is -0.364 e. The van der Waals surface area contributed by atoms with Gasteiger partial charge in [-0.25, -0.2) is 0 Å². The Morgan fingerprint density at radius 3 is 1.77 bits per heavy atom. The third-order valence-electron chi connectivity index (χ3n) is 9.72. The zero-order valence-electron chi connectivity index (χ0n) is 23.6. The van der Waals surface area contributed by atoms with Crippen LogP contribution in [0.3, 0.4) is 0 Å². The van der Waals surface area contributed by atoms with Gasteiger partial charge in [0.1, 0.15) is 0 Å². The van der Waals surface area contributed by atoms with E-state index in [1.54, 1.807) is 0 Å². The molecule has 4 aromatic carbocycles. The lowest BCUT2D eigenvalue weighted by Gasteiger charge is -2.58. The highest BCUT2D eigenvalue weighted by molar-refractivity contribution is 7.80. The van der Waals surface area contributed by atoms with E-state index in [2.05, 4.69) is 133 Å². The first-order valence-electron chi connectivity index (χ1n) is 15.2. The van der Waals surface area contributed by atoms with Crippen molar-refractivity contribution in [2.24, 2.45) is 23.7 Å². The van der Waals surface area contributed by atoms with Crippen LogP contribution < -0.4 is 20.8 Å². The Kier molecular flexibility index (Phi) is 7.34. The Morgan fingerprint density at radius 1 is 0.650 bits per heavy atom. The van der Waals surface area contributed by atoms with Crippen LogP contribution in [-0.2, 0) is 0 Å². The van der Waals surface area contributed by atoms with Crippen molar-refractivity contribution < 1.29 is 0 Å². The topological polar surface area (TPSA) is 3.24 Å². The minimum absolute atomic E-state index is 0.636. The van der Waals surface area contributed by atoms with E-state index < -0.39 is 7.92 Å². The molecular formula is C38H40NP. The van der Waals surface area contributed by atoms with Crippen LogP contribution in [0.1, 0.15) is 43.2 Å². The zero-order valence-corrected chi connectivity index (χ0v) is 24.5. The number of anilines is 1. The first kappa shape index (κ1) is 25.8. The molecule has 8 rings (SSSR count). The molecule has 0 radical (unpaired) electrons. The van der Waals surface area contributed by atoms with E-state index in [-0.39, 0.29) is 0 Å². The summed E-state index contributed by atoms with van der Waals surface area (Å²) in [6, 6.07) is 41.0. The number of hydrogen-bond acceptors (Lipinski definition) is 1. The number of benzene rings is 4. The number of nitrogens with zero attached hydrogens (tertiary/aromatic N) is 1. The van der Waals surface area contributed by atoms with E-state index >= 15 is 0 Å². The van der Waals surface area contributed by atoms with Crippen molar-refractivity contribution in [1.29, 1.82) is 0 Å². The van der Waals surface area contributed by atoms with Gasteiger partial charge in [0.25, 0.3) is 0 Å². The predicted octanol–water partition coefficient (Wildman–Crippen LogP) is 8.10. The van der Waals surface area contributed by atoms with Crippen LogP contribution in [0.25, 0.3) is 6.08 Å². The molecule has 40 heavy (non-hydrogen) atoms. The van der Waals surface area contributed by atoms with Gasteiger partial charge >= 0.3 is 0 Å². The standard InChI is InChI=1S/C38H40NP/c1-28-13-11-21-36(40(34-17-7-3-8-18-34)35-19-9-4-10-20-35)37(28)39(22-12-16-29-14-5-2-6-15-29)38-32-24-30-23-31(26-32)27-33(38)25-30/h2-21,30-33,38H,22-27H2,1H3/b16-12+. The summed E-state index contributed by atoms with van der Waals surface area (Å²) in [5.74, 6) is 3.60. The molecule has 4 aliphatic rings. The van der Waals surface area contributed by atoms with Gasteiger partial charge in [0.2, 0.25) is 0 Å². The molecule has 4 fully saturated rings. The van der Waals surface area contributed by atoms with Crippen molar-refractivity contribution in [1.82, 2.24) is 0 Å². The van der Waals surface area contributed by atoms with Crippen LogP contribution in [-0.4, -0.2) is 12.6 Å². The molecule has 202 valence electrons. The van der Waals surface area contributed by atoms with Gasteiger partial charge in [0.05, 0.1) is 0 Å². The Labute approximate surface area is 241 Å². The van der Waals surface area contributed by atoms with Crippen molar-refractivity contribution >= 4 is 35.6 Å². The van der Waals surface area contributed by atoms with Gasteiger partial charge in [-0.3, -0.25) is 0 Å². The molecule has 0 aliphatic heterocycles. The second-order valence-corrected chi connectivity index (χ2v) is 14.5. The molecule has 4 saturated carbocycles. The number of aryl methyl sites for hydroxylation is 1. The number of para-hydroxylation sites is 1. The number of rotatable bonds is 8. The van der Waals surface area contributed by atoms with Crippen LogP contribution in [0.4, 0.5) is 5.69 Å². The minimum atomic E-state index is -0.676. The van der Waals surface area contributed by atoms with Crippen LogP contribution in [0.5, 0.6) is 0 Å². The molecule has 4 aliphatic carbocycles. The van der Waals surface area contributed by atoms with Crippen molar-refractivity contribution in [3.05, 3.63) is 126 Å². The third-order valence-corrected chi connectivity index (χ3v) is 12.2. The lowest BCUT2D eigenvalue weighted by atomic mass is 9.53. The molecule has 1 nitrogen and oxygen atoms in total. The molecule has 0 atom stereocenters. The average Bonchev–Trinajstić information content (AvgIpc) is 2.98. The van der Waals surface area contributed by atoms with E-state index in [0.29, 0.717) is 6.04 Å². The monoisotopic (exact) mass is 541 g/mol. The maximum Gasteiger partial charge on any atom is 0.0486 e. The lowest BCUT2D eigenvalue weighted by molar-refractivity contribution is -0.00212. The molecule has 4 bridgehead atoms. The van der Waals surface area contributed by atoms with Crippen LogP contribution in [0.2, 0.25) is 0 Å². The highest BCUT2D eigenvalue weighted by atomic mass is 31.1. The number of hydrogen-bond donors (Lipinski definition) is 0. The van der Waals surface area contributed by atoms with Crippen molar-refractivity contribution in [2.75, 3.05) is 11.4 Å². The molecule has 0 aromatic heterocycles. The summed E-state index contributed by atoms with van der Waals surface area (Å²) in [6.07, 6.45) is 12.0. The van der Waals surface area contributed by atoms with Gasteiger partial charge in [-0.2, -0.15) is 0 Å². The zero-order chi connectivity index (χ0) is 26.9. The van der Waals surface area contributed by atoms with Crippen LogP contribution in [0, 0.1) is 30.6 Å². The Morgan fingerprint density at radius 2 is 1.20 bits per heavy atom. The van der Waals surface area contributed by atoms with Crippen LogP contribution >= 0.6 is 7.92 Å². The highest BCUT2D eigenvalue weighted by Gasteiger charge is 2.50. The summed E-state index contributed by atoms with van der Waals surface area (Å²) in [5, 5.41) is 4.37. The average molecular weight is 542 g/mol. The van der Waals surface area contributed by atoms with E-state index in [1.165, 1.54) is 64.8 Å². The maximum atomic E-state index is 2.89.